The van der Waals surface area contributed by atoms with Gasteiger partial charge in [-0.15, -0.1) is 0 Å². The monoisotopic (exact) mass is 755 g/mol. The van der Waals surface area contributed by atoms with Crippen molar-refractivity contribution in [3.8, 4) is 0 Å². The van der Waals surface area contributed by atoms with E-state index >= 15 is 0 Å². The molecule has 296 valence electrons. The van der Waals surface area contributed by atoms with E-state index in [0.717, 1.165) is 47.8 Å². The van der Waals surface area contributed by atoms with Gasteiger partial charge in [0.1, 0.15) is 25.4 Å². The number of aliphatic hydroxyl groups is 1. The number of likely N-dealkylation sites (tertiary alicyclic amines) is 1. The number of hydrogen-bond acceptors (Lipinski definition) is 9. The number of rotatable bonds is 17. The normalized spacial score (nSPS) is 18.1. The third-order valence-electron chi connectivity index (χ3n) is 10.4. The van der Waals surface area contributed by atoms with Gasteiger partial charge in [0.15, 0.2) is 0 Å². The van der Waals surface area contributed by atoms with E-state index in [1.54, 1.807) is 13.1 Å². The molecule has 1 saturated heterocycles. The van der Waals surface area contributed by atoms with Gasteiger partial charge in [-0.1, -0.05) is 80.6 Å². The molecular formula is C42H57N7O6. The molecule has 2 aliphatic rings. The Labute approximate surface area is 324 Å². The lowest BCUT2D eigenvalue weighted by Gasteiger charge is -2.29. The maximum absolute atomic E-state index is 14.4. The van der Waals surface area contributed by atoms with Gasteiger partial charge in [-0.2, -0.15) is 0 Å². The molecular weight excluding hydrogens is 699 g/mol. The lowest BCUT2D eigenvalue weighted by atomic mass is 9.99. The van der Waals surface area contributed by atoms with Crippen molar-refractivity contribution < 1.29 is 29.0 Å². The number of carbonyl (C=O) groups is 4. The molecule has 0 saturated carbocycles. The summed E-state index contributed by atoms with van der Waals surface area (Å²) in [4.78, 5) is 60.4. The number of amides is 4. The van der Waals surface area contributed by atoms with Crippen LogP contribution in [0.15, 0.2) is 84.7 Å². The summed E-state index contributed by atoms with van der Waals surface area (Å²) < 4.78 is 5.53. The van der Waals surface area contributed by atoms with Gasteiger partial charge in [0.2, 0.25) is 17.7 Å². The Kier molecular flexibility index (Phi) is 14.6. The average Bonchev–Trinajstić information content (AvgIpc) is 3.79. The Hall–Kier alpha value is -4.98. The summed E-state index contributed by atoms with van der Waals surface area (Å²) in [6, 6.07) is 19.9. The molecule has 5 atom stereocenters. The first-order chi connectivity index (χ1) is 26.4. The molecule has 2 heterocycles. The van der Waals surface area contributed by atoms with Gasteiger partial charge in [-0.3, -0.25) is 19.3 Å². The Balaban J connectivity index is 1.42. The van der Waals surface area contributed by atoms with E-state index in [1.807, 2.05) is 91.5 Å². The summed E-state index contributed by atoms with van der Waals surface area (Å²) in [6.07, 6.45) is 3.37. The smallest absolute Gasteiger partial charge is 0.408 e. The highest BCUT2D eigenvalue weighted by Crippen LogP contribution is 2.34. The molecule has 0 radical (unpaired) electrons. The molecule has 6 N–H and O–H groups in total. The van der Waals surface area contributed by atoms with Gasteiger partial charge in [0, 0.05) is 36.3 Å². The van der Waals surface area contributed by atoms with Crippen LogP contribution in [0.5, 0.6) is 0 Å². The van der Waals surface area contributed by atoms with Crippen molar-refractivity contribution in [3.05, 3.63) is 90.3 Å². The van der Waals surface area contributed by atoms with Crippen molar-refractivity contribution in [2.75, 3.05) is 31.7 Å². The number of carbonyl (C=O) groups excluding carboxylic acids is 4. The molecule has 0 aliphatic carbocycles. The fourth-order valence-electron chi connectivity index (χ4n) is 7.17. The number of nitrogens with one attached hydrogen (secondary N) is 3. The predicted octanol–water partition coefficient (Wildman–Crippen LogP) is 4.20. The van der Waals surface area contributed by atoms with E-state index in [9.17, 15) is 24.3 Å². The molecule has 1 fully saturated rings. The van der Waals surface area contributed by atoms with Crippen LogP contribution in [0.25, 0.3) is 10.8 Å². The number of fused-ring (bicyclic) bond motifs is 1. The summed E-state index contributed by atoms with van der Waals surface area (Å²) >= 11 is 0. The molecule has 2 aliphatic heterocycles. The van der Waals surface area contributed by atoms with Crippen molar-refractivity contribution >= 4 is 40.3 Å². The third-order valence-corrected chi connectivity index (χ3v) is 10.4. The number of benzene rings is 3. The van der Waals surface area contributed by atoms with Crippen LogP contribution in [0, 0.1) is 5.92 Å². The number of hydrogen-bond donors (Lipinski definition) is 5. The minimum atomic E-state index is -1.28. The number of alkyl carbamates (subject to hydrolysis) is 1. The van der Waals surface area contributed by atoms with Gasteiger partial charge in [0.05, 0.1) is 17.8 Å². The molecule has 3 aromatic rings. The second kappa shape index (κ2) is 19.6. The zero-order chi connectivity index (χ0) is 39.5. The van der Waals surface area contributed by atoms with Gasteiger partial charge in [-0.05, 0) is 75.6 Å². The number of ether oxygens (including phenoxy) is 1. The molecule has 4 amide bonds. The fourth-order valence-corrected chi connectivity index (χ4v) is 7.17. The van der Waals surface area contributed by atoms with Gasteiger partial charge in [-0.25, -0.2) is 4.79 Å². The lowest BCUT2D eigenvalue weighted by Crippen LogP contribution is -2.58. The topological polar surface area (TPSA) is 170 Å². The molecule has 13 nitrogen and oxygen atoms in total. The number of nitrogens with zero attached hydrogens (tertiary/aromatic N) is 3. The van der Waals surface area contributed by atoms with Crippen LogP contribution < -0.4 is 26.6 Å². The molecule has 13 heteroatoms. The van der Waals surface area contributed by atoms with E-state index in [0.29, 0.717) is 24.7 Å². The predicted molar refractivity (Wildman–Crippen MR) is 213 cm³/mol. The Bertz CT molecular complexity index is 1800. The summed E-state index contributed by atoms with van der Waals surface area (Å²) in [5.41, 5.74) is 8.13. The van der Waals surface area contributed by atoms with E-state index in [-0.39, 0.29) is 37.9 Å². The standard InChI is InChI=1S/C42H57N7O6/c1-28(2)19-20-37(50)38(40(52)44-22-21-32-16-11-23-47(32)4)46-39(51)35(45-42(54)55-26-30-12-6-5-7-13-30)24-33-25-48(41(53)29(3)43)27-49(33)36-18-10-15-31-14-8-9-17-34(31)36/h5-10,12-15,17-18,25,28-29,32,35,37-38,50H,11,16,19-24,26-27,43H2,1-4H3,(H,44,52)(H,45,54)(H,46,51)/t29-,32?,35-,37-,38?/m0/s1. The van der Waals surface area contributed by atoms with Crippen LogP contribution in [0.3, 0.4) is 0 Å². The van der Waals surface area contributed by atoms with Crippen molar-refractivity contribution in [2.24, 2.45) is 11.7 Å². The molecule has 55 heavy (non-hydrogen) atoms. The van der Waals surface area contributed by atoms with Crippen LogP contribution >= 0.6 is 0 Å². The summed E-state index contributed by atoms with van der Waals surface area (Å²) in [5, 5.41) is 21.7. The number of nitrogens with two attached hydrogens (primary N) is 1. The highest BCUT2D eigenvalue weighted by atomic mass is 16.5. The molecule has 5 rings (SSSR count). The highest BCUT2D eigenvalue weighted by Gasteiger charge is 2.36. The van der Waals surface area contributed by atoms with Crippen molar-refractivity contribution in [1.82, 2.24) is 25.8 Å². The second-order valence-electron chi connectivity index (χ2n) is 15.1. The van der Waals surface area contributed by atoms with Gasteiger partial charge in [0.25, 0.3) is 0 Å². The number of aliphatic hydroxyl groups excluding tert-OH is 1. The third kappa shape index (κ3) is 11.3. The van der Waals surface area contributed by atoms with E-state index in [1.165, 1.54) is 4.90 Å². The SMILES string of the molecule is CC(C)CC[C@H](O)C(NC(=O)[C@H](CC1=CN(C(=O)[C@H](C)N)CN1c1cccc2ccccc12)NC(=O)OCc1ccccc1)C(=O)NCCC1CCCN1C. The van der Waals surface area contributed by atoms with E-state index in [2.05, 4.69) is 27.9 Å². The average molecular weight is 756 g/mol. The van der Waals surface area contributed by atoms with Crippen molar-refractivity contribution in [2.45, 2.75) is 96.2 Å². The second-order valence-corrected chi connectivity index (χ2v) is 15.1. The summed E-state index contributed by atoms with van der Waals surface area (Å²) in [7, 11) is 2.07. The quantitative estimate of drug-likeness (QED) is 0.136. The van der Waals surface area contributed by atoms with Crippen LogP contribution in [0.4, 0.5) is 10.5 Å². The first-order valence-electron chi connectivity index (χ1n) is 19.4. The Morgan fingerprint density at radius 1 is 0.927 bits per heavy atom. The maximum Gasteiger partial charge on any atom is 0.408 e. The zero-order valence-corrected chi connectivity index (χ0v) is 32.4. The largest absolute Gasteiger partial charge is 0.445 e. The first-order valence-corrected chi connectivity index (χ1v) is 19.4. The minimum Gasteiger partial charge on any atom is -0.445 e. The fraction of sp³-hybridized carbons (Fsp3) is 0.476. The molecule has 0 spiro atoms. The zero-order valence-electron chi connectivity index (χ0n) is 32.4. The molecule has 0 bridgehead atoms. The molecule has 0 aromatic heterocycles. The maximum atomic E-state index is 14.4. The van der Waals surface area contributed by atoms with Crippen LogP contribution in [-0.4, -0.2) is 95.8 Å². The summed E-state index contributed by atoms with van der Waals surface area (Å²) in [6.45, 7) is 7.16. The van der Waals surface area contributed by atoms with Crippen molar-refractivity contribution in [1.29, 1.82) is 0 Å². The molecule has 3 aromatic carbocycles. The first kappa shape index (κ1) is 41.2. The van der Waals surface area contributed by atoms with Crippen LogP contribution in [0.1, 0.15) is 64.9 Å². The lowest BCUT2D eigenvalue weighted by molar-refractivity contribution is -0.133. The Morgan fingerprint density at radius 3 is 2.36 bits per heavy atom. The molecule has 2 unspecified atom stereocenters. The summed E-state index contributed by atoms with van der Waals surface area (Å²) in [5.74, 6) is -1.24. The minimum absolute atomic E-state index is 0.0301. The van der Waals surface area contributed by atoms with Gasteiger partial charge < -0.3 is 41.3 Å². The van der Waals surface area contributed by atoms with E-state index in [4.69, 9.17) is 10.5 Å². The van der Waals surface area contributed by atoms with Crippen LogP contribution in [0.2, 0.25) is 0 Å². The van der Waals surface area contributed by atoms with E-state index < -0.39 is 42.1 Å². The Morgan fingerprint density at radius 2 is 1.65 bits per heavy atom. The number of anilines is 1. The van der Waals surface area contributed by atoms with Gasteiger partial charge >= 0.3 is 6.09 Å². The highest BCUT2D eigenvalue weighted by molar-refractivity contribution is 5.96. The van der Waals surface area contributed by atoms with Crippen LogP contribution in [-0.2, 0) is 25.7 Å². The van der Waals surface area contributed by atoms with Crippen molar-refractivity contribution in [3.63, 3.8) is 0 Å².